The second-order valence-corrected chi connectivity index (χ2v) is 3.83. The lowest BCUT2D eigenvalue weighted by molar-refractivity contribution is 0.0946. The average molecular weight is 245 g/mol. The zero-order valence-electron chi connectivity index (χ0n) is 10.1. The van der Waals surface area contributed by atoms with E-state index in [4.69, 9.17) is 5.73 Å². The molecule has 0 aliphatic carbocycles. The zero-order valence-corrected chi connectivity index (χ0v) is 10.1. The number of hydrogen-bond donors (Lipinski definition) is 2. The van der Waals surface area contributed by atoms with Gasteiger partial charge in [0.15, 0.2) is 5.69 Å². The number of nitrogens with two attached hydrogens (primary N) is 1. The van der Waals surface area contributed by atoms with E-state index in [-0.39, 0.29) is 11.6 Å². The summed E-state index contributed by atoms with van der Waals surface area (Å²) in [6, 6.07) is 3.68. The quantitative estimate of drug-likeness (QED) is 0.834. The minimum atomic E-state index is -0.267. The predicted octanol–water partition coefficient (Wildman–Crippen LogP) is 0.810. The van der Waals surface area contributed by atoms with Gasteiger partial charge < -0.3 is 11.1 Å². The molecular formula is C12H15N5O. The van der Waals surface area contributed by atoms with Crippen LogP contribution in [0.3, 0.4) is 0 Å². The number of anilines is 1. The summed E-state index contributed by atoms with van der Waals surface area (Å²) in [5.74, 6) is -0.267. The molecule has 3 N–H and O–H groups in total. The number of rotatable bonds is 4. The lowest BCUT2D eigenvalue weighted by Gasteiger charge is -2.03. The van der Waals surface area contributed by atoms with Crippen molar-refractivity contribution < 1.29 is 4.79 Å². The van der Waals surface area contributed by atoms with Crippen LogP contribution in [-0.2, 0) is 13.1 Å². The maximum Gasteiger partial charge on any atom is 0.274 e. The van der Waals surface area contributed by atoms with Crippen molar-refractivity contribution in [3.8, 4) is 0 Å². The second-order valence-electron chi connectivity index (χ2n) is 3.83. The van der Waals surface area contributed by atoms with Gasteiger partial charge in [-0.2, -0.15) is 5.10 Å². The van der Waals surface area contributed by atoms with Gasteiger partial charge in [0.2, 0.25) is 0 Å². The number of pyridine rings is 1. The number of aromatic nitrogens is 3. The summed E-state index contributed by atoms with van der Waals surface area (Å²) in [5.41, 5.74) is 7.37. The van der Waals surface area contributed by atoms with Crippen LogP contribution >= 0.6 is 0 Å². The van der Waals surface area contributed by atoms with Gasteiger partial charge in [-0.05, 0) is 24.6 Å². The van der Waals surface area contributed by atoms with Crippen molar-refractivity contribution in [1.82, 2.24) is 20.1 Å². The molecule has 0 atom stereocenters. The van der Waals surface area contributed by atoms with Crippen molar-refractivity contribution in [2.45, 2.75) is 20.0 Å². The van der Waals surface area contributed by atoms with Crippen molar-refractivity contribution in [2.24, 2.45) is 0 Å². The number of carbonyl (C=O) groups excluding carboxylic acids is 1. The van der Waals surface area contributed by atoms with Crippen molar-refractivity contribution in [3.05, 3.63) is 42.0 Å². The Morgan fingerprint density at radius 2 is 2.17 bits per heavy atom. The molecule has 2 heterocycles. The molecule has 0 saturated heterocycles. The fourth-order valence-electron chi connectivity index (χ4n) is 1.54. The minimum Gasteiger partial charge on any atom is -0.396 e. The van der Waals surface area contributed by atoms with E-state index in [9.17, 15) is 4.79 Å². The number of aryl methyl sites for hydroxylation is 1. The Bertz CT molecular complexity index is 535. The highest BCUT2D eigenvalue weighted by atomic mass is 16.1. The van der Waals surface area contributed by atoms with Crippen molar-refractivity contribution in [2.75, 3.05) is 5.73 Å². The third-order valence-electron chi connectivity index (χ3n) is 2.53. The van der Waals surface area contributed by atoms with Crippen LogP contribution in [0.4, 0.5) is 5.69 Å². The number of nitrogens with one attached hydrogen (secondary N) is 1. The van der Waals surface area contributed by atoms with E-state index in [2.05, 4.69) is 15.4 Å². The lowest BCUT2D eigenvalue weighted by atomic mass is 10.2. The molecule has 0 bridgehead atoms. The summed E-state index contributed by atoms with van der Waals surface area (Å²) >= 11 is 0. The first kappa shape index (κ1) is 12.1. The van der Waals surface area contributed by atoms with E-state index in [1.165, 1.54) is 0 Å². The molecular weight excluding hydrogens is 230 g/mol. The molecule has 2 rings (SSSR count). The van der Waals surface area contributed by atoms with Crippen LogP contribution in [0.5, 0.6) is 0 Å². The van der Waals surface area contributed by atoms with Crippen LogP contribution in [0.25, 0.3) is 0 Å². The monoisotopic (exact) mass is 245 g/mol. The van der Waals surface area contributed by atoms with Crippen LogP contribution in [0.2, 0.25) is 0 Å². The van der Waals surface area contributed by atoms with Crippen LogP contribution in [-0.4, -0.2) is 20.7 Å². The van der Waals surface area contributed by atoms with Gasteiger partial charge in [-0.3, -0.25) is 14.5 Å². The molecule has 0 radical (unpaired) electrons. The molecule has 1 amide bonds. The van der Waals surface area contributed by atoms with Gasteiger partial charge in [-0.15, -0.1) is 0 Å². The number of nitrogens with zero attached hydrogens (tertiary/aromatic N) is 3. The normalized spacial score (nSPS) is 10.3. The summed E-state index contributed by atoms with van der Waals surface area (Å²) in [4.78, 5) is 15.8. The first-order valence-electron chi connectivity index (χ1n) is 5.70. The maximum absolute atomic E-state index is 11.9. The summed E-state index contributed by atoms with van der Waals surface area (Å²) < 4.78 is 1.64. The fraction of sp³-hybridized carbons (Fsp3) is 0.250. The largest absolute Gasteiger partial charge is 0.396 e. The van der Waals surface area contributed by atoms with Crippen molar-refractivity contribution in [3.63, 3.8) is 0 Å². The average Bonchev–Trinajstić information content (AvgIpc) is 2.78. The van der Waals surface area contributed by atoms with Gasteiger partial charge >= 0.3 is 0 Å². The smallest absolute Gasteiger partial charge is 0.274 e. The Kier molecular flexibility index (Phi) is 3.57. The van der Waals surface area contributed by atoms with E-state index in [1.807, 2.05) is 19.1 Å². The summed E-state index contributed by atoms with van der Waals surface area (Å²) in [6.45, 7) is 3.05. The third kappa shape index (κ3) is 2.65. The van der Waals surface area contributed by atoms with E-state index < -0.39 is 0 Å². The molecule has 18 heavy (non-hydrogen) atoms. The summed E-state index contributed by atoms with van der Waals surface area (Å²) in [5, 5.41) is 6.88. The van der Waals surface area contributed by atoms with Gasteiger partial charge in [-0.25, -0.2) is 0 Å². The molecule has 2 aromatic heterocycles. The maximum atomic E-state index is 11.9. The molecule has 94 valence electrons. The van der Waals surface area contributed by atoms with Crippen molar-refractivity contribution >= 4 is 11.6 Å². The molecule has 0 fully saturated rings. The molecule has 0 unspecified atom stereocenters. The Hall–Kier alpha value is -2.37. The molecule has 2 aromatic rings. The highest BCUT2D eigenvalue weighted by Crippen LogP contribution is 2.09. The Morgan fingerprint density at radius 3 is 2.78 bits per heavy atom. The highest BCUT2D eigenvalue weighted by Gasteiger charge is 2.13. The van der Waals surface area contributed by atoms with Gasteiger partial charge in [0.25, 0.3) is 5.91 Å². The van der Waals surface area contributed by atoms with E-state index in [0.29, 0.717) is 18.8 Å². The summed E-state index contributed by atoms with van der Waals surface area (Å²) in [7, 11) is 0. The Morgan fingerprint density at radius 1 is 1.44 bits per heavy atom. The third-order valence-corrected chi connectivity index (χ3v) is 2.53. The Labute approximate surface area is 105 Å². The number of hydrogen-bond acceptors (Lipinski definition) is 4. The van der Waals surface area contributed by atoms with Gasteiger partial charge in [0.1, 0.15) is 0 Å². The van der Waals surface area contributed by atoms with E-state index in [0.717, 1.165) is 5.56 Å². The van der Waals surface area contributed by atoms with E-state index in [1.54, 1.807) is 23.3 Å². The lowest BCUT2D eigenvalue weighted by Crippen LogP contribution is -2.24. The zero-order chi connectivity index (χ0) is 13.0. The topological polar surface area (TPSA) is 85.8 Å². The molecule has 6 nitrogen and oxygen atoms in total. The fourth-order valence-corrected chi connectivity index (χ4v) is 1.54. The molecule has 0 saturated carbocycles. The highest BCUT2D eigenvalue weighted by molar-refractivity contribution is 5.96. The standard InChI is InChI=1S/C12H15N5O/c1-2-17-8-10(13)11(16-17)12(18)15-7-9-3-5-14-6-4-9/h3-6,8H,2,7,13H2,1H3,(H,15,18). The number of nitrogen functional groups attached to an aromatic ring is 1. The molecule has 6 heteroatoms. The van der Waals surface area contributed by atoms with Crippen LogP contribution in [0.1, 0.15) is 23.0 Å². The van der Waals surface area contributed by atoms with Gasteiger partial charge in [0.05, 0.1) is 5.69 Å². The SMILES string of the molecule is CCn1cc(N)c(C(=O)NCc2ccncc2)n1. The molecule has 0 aliphatic heterocycles. The van der Waals surface area contributed by atoms with Gasteiger partial charge in [-0.1, -0.05) is 0 Å². The first-order valence-corrected chi connectivity index (χ1v) is 5.70. The van der Waals surface area contributed by atoms with E-state index >= 15 is 0 Å². The molecule has 0 spiro atoms. The Balaban J connectivity index is 2.01. The van der Waals surface area contributed by atoms with Crippen LogP contribution < -0.4 is 11.1 Å². The van der Waals surface area contributed by atoms with Crippen LogP contribution in [0.15, 0.2) is 30.7 Å². The molecule has 0 aliphatic rings. The number of amides is 1. The predicted molar refractivity (Wildman–Crippen MR) is 67.7 cm³/mol. The second kappa shape index (κ2) is 5.31. The van der Waals surface area contributed by atoms with Crippen LogP contribution in [0, 0.1) is 0 Å². The summed E-state index contributed by atoms with van der Waals surface area (Å²) in [6.07, 6.45) is 5.02. The number of carbonyl (C=O) groups is 1. The van der Waals surface area contributed by atoms with Crippen molar-refractivity contribution in [1.29, 1.82) is 0 Å². The molecule has 0 aromatic carbocycles. The van der Waals surface area contributed by atoms with Gasteiger partial charge in [0, 0.05) is 31.7 Å². The minimum absolute atomic E-state index is 0.267. The first-order chi connectivity index (χ1) is 8.70.